The zero-order valence-electron chi connectivity index (χ0n) is 9.14. The first kappa shape index (κ1) is 10.6. The summed E-state index contributed by atoms with van der Waals surface area (Å²) in [7, 11) is 0. The molecule has 2 aromatic heterocycles. The van der Waals surface area contributed by atoms with E-state index < -0.39 is 0 Å². The average Bonchev–Trinajstić information content (AvgIpc) is 2.85. The van der Waals surface area contributed by atoms with E-state index >= 15 is 0 Å². The minimum absolute atomic E-state index is 0.0287. The largest absolute Gasteiger partial charge is 0.461 e. The van der Waals surface area contributed by atoms with E-state index in [-0.39, 0.29) is 18.1 Å². The monoisotopic (exact) mass is 220 g/mol. The van der Waals surface area contributed by atoms with Crippen molar-refractivity contribution in [3.8, 4) is 11.6 Å². The maximum absolute atomic E-state index is 11.5. The first-order valence-corrected chi connectivity index (χ1v) is 5.06. The Bertz CT molecular complexity index is 471. The van der Waals surface area contributed by atoms with Crippen LogP contribution in [0.15, 0.2) is 27.3 Å². The van der Waals surface area contributed by atoms with Crippen LogP contribution in [0, 0.1) is 5.92 Å². The highest BCUT2D eigenvalue weighted by atomic mass is 16.5. The molecule has 5 heteroatoms. The van der Waals surface area contributed by atoms with E-state index in [1.54, 1.807) is 12.1 Å². The van der Waals surface area contributed by atoms with Crippen LogP contribution in [0.1, 0.15) is 19.7 Å². The number of aromatic nitrogens is 2. The van der Waals surface area contributed by atoms with Crippen molar-refractivity contribution < 1.29 is 13.7 Å². The maximum Gasteiger partial charge on any atom is 0.238 e. The summed E-state index contributed by atoms with van der Waals surface area (Å²) in [5.41, 5.74) is 0. The highest BCUT2D eigenvalue weighted by Crippen LogP contribution is 2.16. The summed E-state index contributed by atoms with van der Waals surface area (Å²) in [6, 6.07) is 3.48. The second-order valence-corrected chi connectivity index (χ2v) is 3.79. The van der Waals surface area contributed by atoms with Crippen molar-refractivity contribution in [1.82, 2.24) is 10.1 Å². The molecule has 16 heavy (non-hydrogen) atoms. The van der Waals surface area contributed by atoms with Crippen molar-refractivity contribution in [1.29, 1.82) is 0 Å². The van der Waals surface area contributed by atoms with Gasteiger partial charge in [-0.15, -0.1) is 0 Å². The summed E-state index contributed by atoms with van der Waals surface area (Å²) < 4.78 is 10.1. The lowest BCUT2D eigenvalue weighted by Gasteiger charge is -1.98. The van der Waals surface area contributed by atoms with E-state index in [4.69, 9.17) is 8.94 Å². The van der Waals surface area contributed by atoms with Gasteiger partial charge in [-0.25, -0.2) is 0 Å². The summed E-state index contributed by atoms with van der Waals surface area (Å²) in [5.74, 6) is 1.28. The fraction of sp³-hybridized carbons (Fsp3) is 0.364. The van der Waals surface area contributed by atoms with Crippen molar-refractivity contribution in [3.05, 3.63) is 24.3 Å². The Morgan fingerprint density at radius 2 is 2.31 bits per heavy atom. The number of carbonyl (C=O) groups is 1. The molecule has 0 unspecified atom stereocenters. The van der Waals surface area contributed by atoms with Crippen molar-refractivity contribution in [3.63, 3.8) is 0 Å². The third-order valence-electron chi connectivity index (χ3n) is 2.18. The minimum Gasteiger partial charge on any atom is -0.461 e. The SMILES string of the molecule is CC(C)C(=O)Cc1nc(-c2ccco2)no1. The summed E-state index contributed by atoms with van der Waals surface area (Å²) in [6.45, 7) is 3.68. The molecule has 0 aliphatic carbocycles. The average molecular weight is 220 g/mol. The number of hydrogen-bond donors (Lipinski definition) is 0. The van der Waals surface area contributed by atoms with Gasteiger partial charge < -0.3 is 8.94 Å². The van der Waals surface area contributed by atoms with Crippen LogP contribution in [0.25, 0.3) is 11.6 Å². The molecule has 0 N–H and O–H groups in total. The molecule has 0 saturated carbocycles. The third-order valence-corrected chi connectivity index (χ3v) is 2.18. The highest BCUT2D eigenvalue weighted by molar-refractivity contribution is 5.81. The lowest BCUT2D eigenvalue weighted by molar-refractivity contribution is -0.121. The van der Waals surface area contributed by atoms with Gasteiger partial charge in [0.25, 0.3) is 0 Å². The van der Waals surface area contributed by atoms with Gasteiger partial charge in [-0.1, -0.05) is 19.0 Å². The van der Waals surface area contributed by atoms with Crippen molar-refractivity contribution >= 4 is 5.78 Å². The summed E-state index contributed by atoms with van der Waals surface area (Å²) >= 11 is 0. The van der Waals surface area contributed by atoms with E-state index in [2.05, 4.69) is 10.1 Å². The molecule has 2 rings (SSSR count). The highest BCUT2D eigenvalue weighted by Gasteiger charge is 2.15. The Kier molecular flexibility index (Phi) is 2.85. The zero-order chi connectivity index (χ0) is 11.5. The quantitative estimate of drug-likeness (QED) is 0.789. The summed E-state index contributed by atoms with van der Waals surface area (Å²) in [6.07, 6.45) is 1.70. The molecule has 0 saturated heterocycles. The summed E-state index contributed by atoms with van der Waals surface area (Å²) in [5, 5.41) is 3.74. The fourth-order valence-electron chi connectivity index (χ4n) is 1.19. The molecular weight excluding hydrogens is 208 g/mol. The van der Waals surface area contributed by atoms with E-state index in [1.807, 2.05) is 13.8 Å². The second-order valence-electron chi connectivity index (χ2n) is 3.79. The topological polar surface area (TPSA) is 69.1 Å². The van der Waals surface area contributed by atoms with E-state index in [1.165, 1.54) is 6.26 Å². The van der Waals surface area contributed by atoms with Gasteiger partial charge in [0.15, 0.2) is 5.76 Å². The van der Waals surface area contributed by atoms with E-state index in [0.717, 1.165) is 0 Å². The number of rotatable bonds is 4. The van der Waals surface area contributed by atoms with Crippen LogP contribution < -0.4 is 0 Å². The van der Waals surface area contributed by atoms with Gasteiger partial charge in [0.05, 0.1) is 12.7 Å². The van der Waals surface area contributed by atoms with Gasteiger partial charge in [-0.2, -0.15) is 4.98 Å². The van der Waals surface area contributed by atoms with Crippen LogP contribution in [0.4, 0.5) is 0 Å². The Morgan fingerprint density at radius 3 is 2.94 bits per heavy atom. The smallest absolute Gasteiger partial charge is 0.238 e. The van der Waals surface area contributed by atoms with Crippen LogP contribution in [-0.2, 0) is 11.2 Å². The van der Waals surface area contributed by atoms with Gasteiger partial charge in [-0.3, -0.25) is 4.79 Å². The molecule has 0 aromatic carbocycles. The molecule has 0 radical (unpaired) electrons. The normalized spacial score (nSPS) is 10.9. The van der Waals surface area contributed by atoms with Gasteiger partial charge in [0.1, 0.15) is 5.78 Å². The van der Waals surface area contributed by atoms with Crippen LogP contribution in [-0.4, -0.2) is 15.9 Å². The molecule has 0 spiro atoms. The van der Waals surface area contributed by atoms with Gasteiger partial charge >= 0.3 is 0 Å². The third kappa shape index (κ3) is 2.18. The van der Waals surface area contributed by atoms with Gasteiger partial charge in [0.2, 0.25) is 11.7 Å². The van der Waals surface area contributed by atoms with Gasteiger partial charge in [-0.05, 0) is 12.1 Å². The number of Topliss-reactive ketones (excluding diaryl/α,β-unsaturated/α-hetero) is 1. The molecule has 0 atom stereocenters. The number of nitrogens with zero attached hydrogens (tertiary/aromatic N) is 2. The second kappa shape index (κ2) is 4.30. The molecule has 2 aromatic rings. The van der Waals surface area contributed by atoms with Crippen molar-refractivity contribution in [2.24, 2.45) is 5.92 Å². The number of ketones is 1. The Labute approximate surface area is 92.5 Å². The first-order chi connectivity index (χ1) is 7.66. The molecule has 0 amide bonds. The van der Waals surface area contributed by atoms with Crippen LogP contribution in [0.3, 0.4) is 0 Å². The Balaban J connectivity index is 2.11. The Hall–Kier alpha value is -1.91. The van der Waals surface area contributed by atoms with Crippen LogP contribution in [0.2, 0.25) is 0 Å². The molecule has 0 aliphatic heterocycles. The van der Waals surface area contributed by atoms with Crippen molar-refractivity contribution in [2.75, 3.05) is 0 Å². The minimum atomic E-state index is -0.0287. The first-order valence-electron chi connectivity index (χ1n) is 5.06. The van der Waals surface area contributed by atoms with Crippen molar-refractivity contribution in [2.45, 2.75) is 20.3 Å². The lowest BCUT2D eigenvalue weighted by Crippen LogP contribution is -2.10. The standard InChI is InChI=1S/C11H12N2O3/c1-7(2)8(14)6-10-12-11(13-16-10)9-4-3-5-15-9/h3-5,7H,6H2,1-2H3. The maximum atomic E-state index is 11.5. The lowest BCUT2D eigenvalue weighted by atomic mass is 10.1. The number of hydrogen-bond acceptors (Lipinski definition) is 5. The van der Waals surface area contributed by atoms with E-state index in [0.29, 0.717) is 17.5 Å². The van der Waals surface area contributed by atoms with Gasteiger partial charge in [0, 0.05) is 5.92 Å². The molecule has 0 fully saturated rings. The zero-order valence-corrected chi connectivity index (χ0v) is 9.14. The van der Waals surface area contributed by atoms with Crippen LogP contribution in [0.5, 0.6) is 0 Å². The molecule has 0 bridgehead atoms. The predicted octanol–water partition coefficient (Wildman–Crippen LogP) is 2.10. The molecule has 0 aliphatic rings. The fourth-order valence-corrected chi connectivity index (χ4v) is 1.19. The van der Waals surface area contributed by atoms with Crippen LogP contribution >= 0.6 is 0 Å². The molecule has 5 nitrogen and oxygen atoms in total. The van der Waals surface area contributed by atoms with E-state index in [9.17, 15) is 4.79 Å². The number of furan rings is 1. The molecule has 2 heterocycles. The predicted molar refractivity (Wildman–Crippen MR) is 55.5 cm³/mol. The Morgan fingerprint density at radius 1 is 1.50 bits per heavy atom. The number of carbonyl (C=O) groups excluding carboxylic acids is 1. The summed E-state index contributed by atoms with van der Waals surface area (Å²) in [4.78, 5) is 15.5. The molecular formula is C11H12N2O3. The molecule has 84 valence electrons.